The van der Waals surface area contributed by atoms with Gasteiger partial charge in [-0.3, -0.25) is 9.36 Å². The molecule has 1 saturated carbocycles. The number of aliphatic hydroxyl groups excluding tert-OH is 1. The van der Waals surface area contributed by atoms with Crippen LogP contribution in [0, 0.1) is 12.8 Å². The highest BCUT2D eigenvalue weighted by Gasteiger charge is 2.36. The Labute approximate surface area is 154 Å². The summed E-state index contributed by atoms with van der Waals surface area (Å²) in [5, 5.41) is 21.9. The molecule has 0 bridgehead atoms. The predicted octanol–water partition coefficient (Wildman–Crippen LogP) is 1.88. The third kappa shape index (κ3) is 3.72. The Balaban J connectivity index is 1.75. The van der Waals surface area contributed by atoms with Gasteiger partial charge in [-0.2, -0.15) is 0 Å². The summed E-state index contributed by atoms with van der Waals surface area (Å²) >= 11 is 0. The second-order valence-corrected chi connectivity index (χ2v) is 7.24. The average Bonchev–Trinajstić information content (AvgIpc) is 3.15. The maximum atomic E-state index is 11.1. The number of hydrogen-bond acceptors (Lipinski definition) is 5. The van der Waals surface area contributed by atoms with Crippen LogP contribution in [0.2, 0.25) is 0 Å². The van der Waals surface area contributed by atoms with Crippen LogP contribution in [0.5, 0.6) is 0 Å². The van der Waals surface area contributed by atoms with Crippen molar-refractivity contribution < 1.29 is 9.90 Å². The van der Waals surface area contributed by atoms with Gasteiger partial charge in [0.1, 0.15) is 5.82 Å². The van der Waals surface area contributed by atoms with Crippen LogP contribution < -0.4 is 10.2 Å². The van der Waals surface area contributed by atoms with Crippen molar-refractivity contribution in [3.8, 4) is 0 Å². The number of amides is 1. The molecule has 2 N–H and O–H groups in total. The topological polar surface area (TPSA) is 83.3 Å². The minimum Gasteiger partial charge on any atom is -0.393 e. The second kappa shape index (κ2) is 7.45. The number of nitrogens with one attached hydrogen (secondary N) is 1. The van der Waals surface area contributed by atoms with Crippen molar-refractivity contribution in [2.45, 2.75) is 38.7 Å². The summed E-state index contributed by atoms with van der Waals surface area (Å²) in [6, 6.07) is 8.27. The molecule has 2 aromatic rings. The minimum absolute atomic E-state index is 0.0545. The number of carbonyl (C=O) groups excluding carboxylic acids is 1. The molecule has 0 spiro atoms. The molecule has 0 aliphatic heterocycles. The molecule has 140 valence electrons. The van der Waals surface area contributed by atoms with Crippen LogP contribution in [0.15, 0.2) is 24.3 Å². The maximum Gasteiger partial charge on any atom is 0.231 e. The van der Waals surface area contributed by atoms with Crippen LogP contribution in [0.1, 0.15) is 37.1 Å². The number of rotatable bonds is 5. The van der Waals surface area contributed by atoms with Gasteiger partial charge in [-0.15, -0.1) is 10.2 Å². The Hall–Kier alpha value is -2.41. The van der Waals surface area contributed by atoms with E-state index in [-0.39, 0.29) is 17.7 Å². The summed E-state index contributed by atoms with van der Waals surface area (Å²) in [5.74, 6) is 1.77. The third-order valence-corrected chi connectivity index (χ3v) is 5.24. The van der Waals surface area contributed by atoms with Crippen molar-refractivity contribution in [2.24, 2.45) is 13.0 Å². The zero-order valence-corrected chi connectivity index (χ0v) is 15.8. The highest BCUT2D eigenvalue weighted by molar-refractivity contribution is 5.72. The summed E-state index contributed by atoms with van der Waals surface area (Å²) in [5.41, 5.74) is 2.26. The molecule has 1 aliphatic carbocycles. The van der Waals surface area contributed by atoms with Gasteiger partial charge in [0.15, 0.2) is 0 Å². The fourth-order valence-electron chi connectivity index (χ4n) is 3.67. The molecule has 0 unspecified atom stereocenters. The van der Waals surface area contributed by atoms with Gasteiger partial charge >= 0.3 is 0 Å². The Morgan fingerprint density at radius 2 is 2.00 bits per heavy atom. The van der Waals surface area contributed by atoms with Crippen LogP contribution in [-0.2, 0) is 11.8 Å². The third-order valence-electron chi connectivity index (χ3n) is 5.24. The molecular weight excluding hydrogens is 330 g/mol. The molecule has 3 rings (SSSR count). The SMILES string of the molecule is CC(=O)NC[C@H]1C[C@H](c2nnc(N(C)c3ccc(C)cc3)n2C)C[C@H]1O. The highest BCUT2D eigenvalue weighted by atomic mass is 16.3. The van der Waals surface area contributed by atoms with Crippen LogP contribution in [0.4, 0.5) is 11.6 Å². The van der Waals surface area contributed by atoms with Gasteiger partial charge in [-0.1, -0.05) is 17.7 Å². The van der Waals surface area contributed by atoms with E-state index < -0.39 is 6.10 Å². The minimum atomic E-state index is -0.429. The van der Waals surface area contributed by atoms with Gasteiger partial charge in [-0.05, 0) is 31.9 Å². The lowest BCUT2D eigenvalue weighted by Crippen LogP contribution is -2.30. The first-order chi connectivity index (χ1) is 12.4. The Morgan fingerprint density at radius 3 is 2.65 bits per heavy atom. The fourth-order valence-corrected chi connectivity index (χ4v) is 3.67. The average molecular weight is 357 g/mol. The number of aromatic nitrogens is 3. The number of nitrogens with zero attached hydrogens (tertiary/aromatic N) is 4. The van der Waals surface area contributed by atoms with E-state index in [0.717, 1.165) is 23.9 Å². The van der Waals surface area contributed by atoms with Crippen LogP contribution in [0.25, 0.3) is 0 Å². The molecule has 1 aliphatic rings. The monoisotopic (exact) mass is 357 g/mol. The van der Waals surface area contributed by atoms with E-state index in [1.807, 2.05) is 23.6 Å². The fraction of sp³-hybridized carbons (Fsp3) is 0.526. The van der Waals surface area contributed by atoms with Crippen LogP contribution in [0.3, 0.4) is 0 Å². The van der Waals surface area contributed by atoms with E-state index in [2.05, 4.69) is 46.7 Å². The van der Waals surface area contributed by atoms with Crippen molar-refractivity contribution in [1.82, 2.24) is 20.1 Å². The molecule has 1 heterocycles. The predicted molar refractivity (Wildman–Crippen MR) is 100 cm³/mol. The molecule has 1 aromatic carbocycles. The number of hydrogen-bond donors (Lipinski definition) is 2. The van der Waals surface area contributed by atoms with Gasteiger partial charge in [0.2, 0.25) is 11.9 Å². The summed E-state index contributed by atoms with van der Waals surface area (Å²) in [7, 11) is 3.93. The Kier molecular flexibility index (Phi) is 5.27. The molecule has 3 atom stereocenters. The molecular formula is C19H27N5O2. The van der Waals surface area contributed by atoms with Gasteiger partial charge in [0.05, 0.1) is 6.10 Å². The van der Waals surface area contributed by atoms with Crippen molar-refractivity contribution >= 4 is 17.5 Å². The number of aliphatic hydroxyl groups is 1. The standard InChI is InChI=1S/C19H27N5O2/c1-12-5-7-16(8-6-12)23(3)19-22-21-18(24(19)4)14-9-15(17(26)10-14)11-20-13(2)25/h5-8,14-15,17,26H,9-11H2,1-4H3,(H,20,25)/t14-,15+,17+/m0/s1. The lowest BCUT2D eigenvalue weighted by atomic mass is 10.0. The number of carbonyl (C=O) groups is 1. The highest BCUT2D eigenvalue weighted by Crippen LogP contribution is 2.38. The zero-order chi connectivity index (χ0) is 18.8. The first-order valence-electron chi connectivity index (χ1n) is 8.99. The summed E-state index contributed by atoms with van der Waals surface area (Å²) < 4.78 is 2.00. The van der Waals surface area contributed by atoms with E-state index in [1.54, 1.807) is 0 Å². The van der Waals surface area contributed by atoms with Gasteiger partial charge < -0.3 is 15.3 Å². The van der Waals surface area contributed by atoms with Crippen molar-refractivity contribution in [2.75, 3.05) is 18.5 Å². The molecule has 1 fully saturated rings. The largest absolute Gasteiger partial charge is 0.393 e. The van der Waals surface area contributed by atoms with Crippen LogP contribution in [-0.4, -0.2) is 45.5 Å². The molecule has 26 heavy (non-hydrogen) atoms. The van der Waals surface area contributed by atoms with E-state index in [9.17, 15) is 9.90 Å². The normalized spacial score (nSPS) is 22.4. The number of aryl methyl sites for hydroxylation is 1. The summed E-state index contributed by atoms with van der Waals surface area (Å²) in [6.07, 6.45) is 1.01. The number of anilines is 2. The zero-order valence-electron chi connectivity index (χ0n) is 15.8. The smallest absolute Gasteiger partial charge is 0.231 e. The van der Waals surface area contributed by atoms with Gasteiger partial charge in [-0.25, -0.2) is 0 Å². The summed E-state index contributed by atoms with van der Waals surface area (Å²) in [6.45, 7) is 4.06. The van der Waals surface area contributed by atoms with E-state index in [1.165, 1.54) is 12.5 Å². The van der Waals surface area contributed by atoms with Crippen molar-refractivity contribution in [1.29, 1.82) is 0 Å². The summed E-state index contributed by atoms with van der Waals surface area (Å²) in [4.78, 5) is 13.1. The lowest BCUT2D eigenvalue weighted by Gasteiger charge is -2.19. The lowest BCUT2D eigenvalue weighted by molar-refractivity contribution is -0.119. The molecule has 1 aromatic heterocycles. The van der Waals surface area contributed by atoms with Crippen molar-refractivity contribution in [3.63, 3.8) is 0 Å². The molecule has 1 amide bonds. The Morgan fingerprint density at radius 1 is 1.31 bits per heavy atom. The van der Waals surface area contributed by atoms with E-state index in [4.69, 9.17) is 0 Å². The van der Waals surface area contributed by atoms with Crippen molar-refractivity contribution in [3.05, 3.63) is 35.7 Å². The van der Waals surface area contributed by atoms with Crippen LogP contribution >= 0.6 is 0 Å². The number of benzene rings is 1. The first kappa shape index (κ1) is 18.4. The molecule has 7 heteroatoms. The maximum absolute atomic E-state index is 11.1. The Bertz CT molecular complexity index is 771. The van der Waals surface area contributed by atoms with Gasteiger partial charge in [0.25, 0.3) is 0 Å². The van der Waals surface area contributed by atoms with Gasteiger partial charge in [0, 0.05) is 45.1 Å². The second-order valence-electron chi connectivity index (χ2n) is 7.24. The van der Waals surface area contributed by atoms with E-state index >= 15 is 0 Å². The first-order valence-corrected chi connectivity index (χ1v) is 8.99. The molecule has 0 saturated heterocycles. The van der Waals surface area contributed by atoms with E-state index in [0.29, 0.717) is 13.0 Å². The molecule has 0 radical (unpaired) electrons. The molecule has 7 nitrogen and oxygen atoms in total. The quantitative estimate of drug-likeness (QED) is 0.854.